The van der Waals surface area contributed by atoms with Gasteiger partial charge in [-0.2, -0.15) is 0 Å². The fourth-order valence-electron chi connectivity index (χ4n) is 3.92. The molecule has 1 unspecified atom stereocenters. The van der Waals surface area contributed by atoms with Gasteiger partial charge in [0.1, 0.15) is 0 Å². The summed E-state index contributed by atoms with van der Waals surface area (Å²) in [4.78, 5) is 20.3. The quantitative estimate of drug-likeness (QED) is 0.699. The van der Waals surface area contributed by atoms with Crippen LogP contribution in [0.3, 0.4) is 0 Å². The summed E-state index contributed by atoms with van der Waals surface area (Å²) in [6, 6.07) is 14.8. The summed E-state index contributed by atoms with van der Waals surface area (Å²) in [6.07, 6.45) is 3.86. The van der Waals surface area contributed by atoms with Crippen molar-refractivity contribution in [3.8, 4) is 0 Å². The highest BCUT2D eigenvalue weighted by atomic mass is 32.2. The van der Waals surface area contributed by atoms with E-state index in [1.807, 2.05) is 17.0 Å². The number of fused-ring (bicyclic) bond motifs is 1. The molecule has 4 rings (SSSR count). The van der Waals surface area contributed by atoms with Gasteiger partial charge in [-0.05, 0) is 55.0 Å². The van der Waals surface area contributed by atoms with E-state index in [1.54, 1.807) is 12.1 Å². The molecular formula is C21H24N2O4S. The minimum atomic E-state index is -3.80. The lowest BCUT2D eigenvalue weighted by Crippen LogP contribution is -2.36. The molecule has 0 aromatic heterocycles. The summed E-state index contributed by atoms with van der Waals surface area (Å²) in [5, 5.41) is 0. The first-order valence-electron chi connectivity index (χ1n) is 9.47. The summed E-state index contributed by atoms with van der Waals surface area (Å²) in [5.74, 6) is -0.110. The first-order chi connectivity index (χ1) is 13.4. The number of benzene rings is 2. The van der Waals surface area contributed by atoms with Gasteiger partial charge in [0, 0.05) is 18.7 Å². The van der Waals surface area contributed by atoms with Crippen molar-refractivity contribution in [2.75, 3.05) is 14.2 Å². The zero-order valence-electron chi connectivity index (χ0n) is 16.0. The molecule has 0 radical (unpaired) electrons. The Hall–Kier alpha value is -2.22. The smallest absolute Gasteiger partial charge is 0.264 e. The molecule has 0 saturated heterocycles. The second-order valence-corrected chi connectivity index (χ2v) is 9.26. The largest absolute Gasteiger partial charge is 0.329 e. The van der Waals surface area contributed by atoms with Gasteiger partial charge >= 0.3 is 0 Å². The molecule has 0 heterocycles. The third-order valence-electron chi connectivity index (χ3n) is 5.59. The van der Waals surface area contributed by atoms with Crippen molar-refractivity contribution < 1.29 is 18.0 Å². The molecule has 2 aromatic rings. The molecule has 1 atom stereocenters. The fraction of sp³-hybridized carbons (Fsp3) is 0.381. The van der Waals surface area contributed by atoms with Crippen molar-refractivity contribution in [1.29, 1.82) is 0 Å². The molecule has 6 nitrogen and oxygen atoms in total. The zero-order chi connectivity index (χ0) is 19.9. The van der Waals surface area contributed by atoms with E-state index in [-0.39, 0.29) is 22.9 Å². The predicted molar refractivity (Wildman–Crippen MR) is 105 cm³/mol. The molecule has 0 bridgehead atoms. The van der Waals surface area contributed by atoms with Crippen LogP contribution in [0, 0.1) is 0 Å². The number of rotatable bonds is 6. The Bertz CT molecular complexity index is 1000. The molecule has 2 aromatic carbocycles. The van der Waals surface area contributed by atoms with Crippen molar-refractivity contribution >= 4 is 15.9 Å². The number of carbonyl (C=O) groups excluding carboxylic acids is 1. The zero-order valence-corrected chi connectivity index (χ0v) is 16.9. The maximum absolute atomic E-state index is 13.4. The van der Waals surface area contributed by atoms with E-state index in [0.717, 1.165) is 30.2 Å². The molecule has 2 aliphatic carbocycles. The van der Waals surface area contributed by atoms with Crippen molar-refractivity contribution in [3.05, 3.63) is 65.2 Å². The Labute approximate surface area is 165 Å². The predicted octanol–water partition coefficient (Wildman–Crippen LogP) is 3.16. The van der Waals surface area contributed by atoms with Gasteiger partial charge in [-0.15, -0.1) is 0 Å². The van der Waals surface area contributed by atoms with Crippen molar-refractivity contribution in [2.45, 2.75) is 42.7 Å². The summed E-state index contributed by atoms with van der Waals surface area (Å²) < 4.78 is 25.9. The second kappa shape index (κ2) is 7.31. The van der Waals surface area contributed by atoms with Crippen LogP contribution in [0.4, 0.5) is 0 Å². The van der Waals surface area contributed by atoms with Crippen LogP contribution in [-0.2, 0) is 21.3 Å². The third-order valence-corrected chi connectivity index (χ3v) is 7.26. The molecule has 1 fully saturated rings. The number of aryl methyl sites for hydroxylation is 1. The molecular weight excluding hydrogens is 376 g/mol. The fourth-order valence-corrected chi connectivity index (χ4v) is 4.94. The van der Waals surface area contributed by atoms with Crippen molar-refractivity contribution in [3.63, 3.8) is 0 Å². The van der Waals surface area contributed by atoms with Crippen LogP contribution in [0.15, 0.2) is 53.4 Å². The van der Waals surface area contributed by atoms with E-state index < -0.39 is 10.0 Å². The van der Waals surface area contributed by atoms with Gasteiger partial charge in [-0.1, -0.05) is 34.8 Å². The minimum absolute atomic E-state index is 0.0465. The van der Waals surface area contributed by atoms with Gasteiger partial charge in [0.05, 0.1) is 18.0 Å². The van der Waals surface area contributed by atoms with Crippen LogP contribution in [0.25, 0.3) is 0 Å². The minimum Gasteiger partial charge on any atom is -0.329 e. The normalized spacial score (nSPS) is 18.9. The van der Waals surface area contributed by atoms with Crippen LogP contribution in [0.2, 0.25) is 0 Å². The van der Waals surface area contributed by atoms with Gasteiger partial charge in [-0.3, -0.25) is 9.63 Å². The van der Waals surface area contributed by atoms with Crippen LogP contribution in [-0.4, -0.2) is 43.9 Å². The van der Waals surface area contributed by atoms with Crippen LogP contribution in [0.5, 0.6) is 0 Å². The van der Waals surface area contributed by atoms with Crippen molar-refractivity contribution in [1.82, 2.24) is 9.37 Å². The van der Waals surface area contributed by atoms with Gasteiger partial charge < -0.3 is 4.90 Å². The van der Waals surface area contributed by atoms with Crippen LogP contribution >= 0.6 is 0 Å². The van der Waals surface area contributed by atoms with Crippen LogP contribution < -0.4 is 0 Å². The Morgan fingerprint density at radius 3 is 2.54 bits per heavy atom. The third kappa shape index (κ3) is 3.34. The van der Waals surface area contributed by atoms with Gasteiger partial charge in [0.2, 0.25) is 0 Å². The molecule has 7 heteroatoms. The first-order valence-corrected chi connectivity index (χ1v) is 10.9. The average Bonchev–Trinajstić information content (AvgIpc) is 3.47. The Kier molecular flexibility index (Phi) is 4.99. The lowest BCUT2D eigenvalue weighted by Gasteiger charge is -2.30. The SMILES string of the molecule is CON(C)S(=O)(=O)c1cccc(C(=O)N(C2CC2)C2CCc3ccccc32)c1. The van der Waals surface area contributed by atoms with Crippen LogP contribution in [0.1, 0.15) is 46.8 Å². The Morgan fingerprint density at radius 2 is 1.82 bits per heavy atom. The van der Waals surface area contributed by atoms with E-state index in [0.29, 0.717) is 5.56 Å². The number of hydroxylamine groups is 1. The topological polar surface area (TPSA) is 66.9 Å². The number of sulfonamides is 1. The second-order valence-electron chi connectivity index (χ2n) is 7.32. The molecule has 1 amide bonds. The lowest BCUT2D eigenvalue weighted by molar-refractivity contribution is -0.0258. The highest BCUT2D eigenvalue weighted by molar-refractivity contribution is 7.89. The Morgan fingerprint density at radius 1 is 1.07 bits per heavy atom. The van der Waals surface area contributed by atoms with E-state index >= 15 is 0 Å². The van der Waals surface area contributed by atoms with Crippen molar-refractivity contribution in [2.24, 2.45) is 0 Å². The summed E-state index contributed by atoms with van der Waals surface area (Å²) in [5.41, 5.74) is 2.90. The van der Waals surface area contributed by atoms with E-state index in [9.17, 15) is 13.2 Å². The standard InChI is InChI=1S/C21H24N2O4S/c1-22(27-2)28(25,26)18-8-5-7-16(14-18)21(24)23(17-11-12-17)20-13-10-15-6-3-4-9-19(15)20/h3-9,14,17,20H,10-13H2,1-2H3. The maximum atomic E-state index is 13.4. The summed E-state index contributed by atoms with van der Waals surface area (Å²) >= 11 is 0. The monoisotopic (exact) mass is 400 g/mol. The number of carbonyl (C=O) groups is 1. The molecule has 28 heavy (non-hydrogen) atoms. The van der Waals surface area contributed by atoms with Gasteiger partial charge in [-0.25, -0.2) is 8.42 Å². The first kappa shape index (κ1) is 19.1. The number of hydrogen-bond acceptors (Lipinski definition) is 4. The van der Waals surface area contributed by atoms with Gasteiger partial charge in [0.15, 0.2) is 0 Å². The molecule has 0 N–H and O–H groups in total. The van der Waals surface area contributed by atoms with E-state index in [1.165, 1.54) is 37.4 Å². The van der Waals surface area contributed by atoms with E-state index in [2.05, 4.69) is 12.1 Å². The molecule has 148 valence electrons. The highest BCUT2D eigenvalue weighted by Crippen LogP contribution is 2.42. The summed E-state index contributed by atoms with van der Waals surface area (Å²) in [7, 11) is -1.18. The number of hydrogen-bond donors (Lipinski definition) is 0. The molecule has 0 aliphatic heterocycles. The average molecular weight is 401 g/mol. The number of nitrogens with zero attached hydrogens (tertiary/aromatic N) is 2. The van der Waals surface area contributed by atoms with Gasteiger partial charge in [0.25, 0.3) is 15.9 Å². The number of amides is 1. The Balaban J connectivity index is 1.68. The highest BCUT2D eigenvalue weighted by Gasteiger charge is 2.40. The molecule has 1 saturated carbocycles. The summed E-state index contributed by atoms with van der Waals surface area (Å²) in [6.45, 7) is 0. The molecule has 0 spiro atoms. The maximum Gasteiger partial charge on any atom is 0.264 e. The van der Waals surface area contributed by atoms with E-state index in [4.69, 9.17) is 4.84 Å². The molecule has 2 aliphatic rings. The lowest BCUT2D eigenvalue weighted by atomic mass is 10.1.